The van der Waals surface area contributed by atoms with Crippen molar-refractivity contribution >= 4 is 44.3 Å². The molecular formula is C24H30ClN3O5S. The summed E-state index contributed by atoms with van der Waals surface area (Å²) in [7, 11) is -3.89. The van der Waals surface area contributed by atoms with E-state index >= 15 is 0 Å². The summed E-state index contributed by atoms with van der Waals surface area (Å²) < 4.78 is 33.4. The zero-order chi connectivity index (χ0) is 24.5. The summed E-state index contributed by atoms with van der Waals surface area (Å²) in [6.45, 7) is 1.93. The molecule has 1 amide bonds. The number of carbonyl (C=O) groups is 2. The SMILES string of the molecule is CCOC(=O)C1CN(S(=O)(=O)c2ccc3cc(Cl)ccc3c2)CCN1C(=O)C1CCC(N)CC1. The molecule has 1 aliphatic heterocycles. The molecule has 0 radical (unpaired) electrons. The molecule has 0 bridgehead atoms. The van der Waals surface area contributed by atoms with Gasteiger partial charge in [0.05, 0.1) is 11.5 Å². The minimum Gasteiger partial charge on any atom is -0.464 e. The highest BCUT2D eigenvalue weighted by Crippen LogP contribution is 2.29. The van der Waals surface area contributed by atoms with Crippen LogP contribution in [-0.4, -0.2) is 67.8 Å². The van der Waals surface area contributed by atoms with Crippen molar-refractivity contribution in [3.8, 4) is 0 Å². The lowest BCUT2D eigenvalue weighted by molar-refractivity contribution is -0.159. The zero-order valence-corrected chi connectivity index (χ0v) is 20.7. The summed E-state index contributed by atoms with van der Waals surface area (Å²) in [4.78, 5) is 27.7. The number of amides is 1. The number of halogens is 1. The number of hydrogen-bond acceptors (Lipinski definition) is 6. The lowest BCUT2D eigenvalue weighted by atomic mass is 9.85. The maximum Gasteiger partial charge on any atom is 0.330 e. The van der Waals surface area contributed by atoms with Crippen LogP contribution in [0.5, 0.6) is 0 Å². The number of fused-ring (bicyclic) bond motifs is 1. The molecule has 2 fully saturated rings. The van der Waals surface area contributed by atoms with Crippen LogP contribution in [0.1, 0.15) is 32.6 Å². The smallest absolute Gasteiger partial charge is 0.330 e. The van der Waals surface area contributed by atoms with Gasteiger partial charge in [0.25, 0.3) is 0 Å². The van der Waals surface area contributed by atoms with Crippen LogP contribution in [0, 0.1) is 5.92 Å². The Bertz CT molecular complexity index is 1180. The molecule has 0 aromatic heterocycles. The van der Waals surface area contributed by atoms with Gasteiger partial charge >= 0.3 is 5.97 Å². The van der Waals surface area contributed by atoms with Gasteiger partial charge in [0, 0.05) is 36.6 Å². The van der Waals surface area contributed by atoms with Gasteiger partial charge in [0.2, 0.25) is 15.9 Å². The molecule has 2 aromatic rings. The maximum absolute atomic E-state index is 13.5. The Morgan fingerprint density at radius 1 is 1.06 bits per heavy atom. The van der Waals surface area contributed by atoms with Crippen molar-refractivity contribution in [2.45, 2.75) is 49.6 Å². The molecule has 2 aromatic carbocycles. The number of benzene rings is 2. The van der Waals surface area contributed by atoms with E-state index in [1.54, 1.807) is 37.3 Å². The third-order valence-electron chi connectivity index (χ3n) is 6.72. The third-order valence-corrected chi connectivity index (χ3v) is 8.81. The van der Waals surface area contributed by atoms with Gasteiger partial charge in [-0.1, -0.05) is 23.7 Å². The monoisotopic (exact) mass is 507 g/mol. The van der Waals surface area contributed by atoms with Gasteiger partial charge in [-0.3, -0.25) is 4.79 Å². The van der Waals surface area contributed by atoms with Crippen LogP contribution in [0.3, 0.4) is 0 Å². The molecule has 2 aliphatic rings. The van der Waals surface area contributed by atoms with E-state index < -0.39 is 22.0 Å². The fourth-order valence-corrected chi connectivity index (χ4v) is 6.44. The Hall–Kier alpha value is -2.20. The van der Waals surface area contributed by atoms with Crippen molar-refractivity contribution < 1.29 is 22.7 Å². The Labute approximate surface area is 205 Å². The molecule has 1 atom stereocenters. The highest BCUT2D eigenvalue weighted by molar-refractivity contribution is 7.89. The molecule has 1 saturated heterocycles. The van der Waals surface area contributed by atoms with Crippen molar-refractivity contribution in [3.05, 3.63) is 41.4 Å². The number of nitrogens with two attached hydrogens (primary N) is 1. The van der Waals surface area contributed by atoms with Gasteiger partial charge in [-0.05, 0) is 67.6 Å². The highest BCUT2D eigenvalue weighted by atomic mass is 35.5. The Morgan fingerprint density at radius 2 is 1.74 bits per heavy atom. The molecule has 2 N–H and O–H groups in total. The minimum absolute atomic E-state index is 0.102. The van der Waals surface area contributed by atoms with E-state index in [1.807, 2.05) is 0 Å². The van der Waals surface area contributed by atoms with E-state index in [0.29, 0.717) is 17.9 Å². The summed E-state index contributed by atoms with van der Waals surface area (Å²) in [5.41, 5.74) is 5.98. The molecule has 10 heteroatoms. The molecule has 8 nitrogen and oxygen atoms in total. The number of ether oxygens (including phenoxy) is 1. The Morgan fingerprint density at radius 3 is 2.44 bits per heavy atom. The van der Waals surface area contributed by atoms with Gasteiger partial charge in [-0.15, -0.1) is 0 Å². The van der Waals surface area contributed by atoms with Crippen molar-refractivity contribution in [1.82, 2.24) is 9.21 Å². The molecule has 1 heterocycles. The number of esters is 1. The first-order chi connectivity index (χ1) is 16.2. The Balaban J connectivity index is 1.57. The van der Waals surface area contributed by atoms with E-state index in [4.69, 9.17) is 22.1 Å². The lowest BCUT2D eigenvalue weighted by Crippen LogP contribution is -2.60. The normalized spacial score (nSPS) is 24.2. The first-order valence-corrected chi connectivity index (χ1v) is 13.4. The van der Waals surface area contributed by atoms with Crippen molar-refractivity contribution in [1.29, 1.82) is 0 Å². The highest BCUT2D eigenvalue weighted by Gasteiger charge is 2.42. The predicted octanol–water partition coefficient (Wildman–Crippen LogP) is 2.78. The number of sulfonamides is 1. The van der Waals surface area contributed by atoms with Crippen LogP contribution in [-0.2, 0) is 24.3 Å². The quantitative estimate of drug-likeness (QED) is 0.623. The predicted molar refractivity (Wildman–Crippen MR) is 130 cm³/mol. The van der Waals surface area contributed by atoms with E-state index in [1.165, 1.54) is 15.3 Å². The van der Waals surface area contributed by atoms with E-state index in [9.17, 15) is 18.0 Å². The van der Waals surface area contributed by atoms with E-state index in [2.05, 4.69) is 0 Å². The van der Waals surface area contributed by atoms with Gasteiger partial charge in [0.15, 0.2) is 0 Å². The molecular weight excluding hydrogens is 478 g/mol. The van der Waals surface area contributed by atoms with Crippen LogP contribution in [0.25, 0.3) is 10.8 Å². The van der Waals surface area contributed by atoms with Crippen molar-refractivity contribution in [3.63, 3.8) is 0 Å². The summed E-state index contributed by atoms with van der Waals surface area (Å²) >= 11 is 6.04. The van der Waals surface area contributed by atoms with Gasteiger partial charge in [0.1, 0.15) is 6.04 Å². The molecule has 34 heavy (non-hydrogen) atoms. The van der Waals surface area contributed by atoms with Crippen LogP contribution >= 0.6 is 11.6 Å². The first-order valence-electron chi connectivity index (χ1n) is 11.6. The fraction of sp³-hybridized carbons (Fsp3) is 0.500. The average molecular weight is 508 g/mol. The summed E-state index contributed by atoms with van der Waals surface area (Å²) in [6.07, 6.45) is 2.88. The second-order valence-electron chi connectivity index (χ2n) is 8.93. The molecule has 184 valence electrons. The largest absolute Gasteiger partial charge is 0.464 e. The fourth-order valence-electron chi connectivity index (χ4n) is 4.79. The number of piperazine rings is 1. The summed E-state index contributed by atoms with van der Waals surface area (Å²) in [6, 6.07) is 9.22. The standard InChI is InChI=1S/C24H30ClN3O5S/c1-2-33-24(30)22-15-27(11-12-28(22)23(29)16-4-8-20(26)9-5-16)34(31,32)21-10-6-17-13-19(25)7-3-18(17)14-21/h3,6-7,10,13-14,16,20,22H,2,4-5,8-9,11-12,15,26H2,1H3. The second-order valence-corrected chi connectivity index (χ2v) is 11.3. The number of carbonyl (C=O) groups excluding carboxylic acids is 2. The first kappa shape index (κ1) is 24.9. The van der Waals surface area contributed by atoms with Crippen molar-refractivity contribution in [2.24, 2.45) is 11.7 Å². The third kappa shape index (κ3) is 5.07. The molecule has 1 aliphatic carbocycles. The van der Waals surface area contributed by atoms with Crippen LogP contribution in [0.15, 0.2) is 41.3 Å². The number of hydrogen-bond donors (Lipinski definition) is 1. The summed E-state index contributed by atoms with van der Waals surface area (Å²) in [5, 5.41) is 2.15. The van der Waals surface area contributed by atoms with Gasteiger partial charge in [-0.25, -0.2) is 13.2 Å². The molecule has 1 unspecified atom stereocenters. The second kappa shape index (κ2) is 10.2. The number of nitrogens with zero attached hydrogens (tertiary/aromatic N) is 2. The van der Waals surface area contributed by atoms with Gasteiger partial charge in [-0.2, -0.15) is 4.31 Å². The summed E-state index contributed by atoms with van der Waals surface area (Å²) in [5.74, 6) is -0.909. The average Bonchev–Trinajstić information content (AvgIpc) is 2.83. The number of rotatable bonds is 5. The molecule has 1 saturated carbocycles. The van der Waals surface area contributed by atoms with Crippen LogP contribution < -0.4 is 5.73 Å². The molecule has 0 spiro atoms. The van der Waals surface area contributed by atoms with E-state index in [-0.39, 0.29) is 49.0 Å². The maximum atomic E-state index is 13.5. The lowest BCUT2D eigenvalue weighted by Gasteiger charge is -2.41. The van der Waals surface area contributed by atoms with Crippen molar-refractivity contribution in [2.75, 3.05) is 26.2 Å². The topological polar surface area (TPSA) is 110 Å². The van der Waals surface area contributed by atoms with Crippen LogP contribution in [0.4, 0.5) is 0 Å². The zero-order valence-electron chi connectivity index (χ0n) is 19.2. The minimum atomic E-state index is -3.89. The molecule has 4 rings (SSSR count). The Kier molecular flexibility index (Phi) is 7.47. The van der Waals surface area contributed by atoms with E-state index in [0.717, 1.165) is 23.6 Å². The van der Waals surface area contributed by atoms with Crippen LogP contribution in [0.2, 0.25) is 5.02 Å². The van der Waals surface area contributed by atoms with Gasteiger partial charge < -0.3 is 15.4 Å².